The summed E-state index contributed by atoms with van der Waals surface area (Å²) in [4.78, 5) is 15.3. The zero-order valence-corrected chi connectivity index (χ0v) is 19.3. The summed E-state index contributed by atoms with van der Waals surface area (Å²) in [6, 6.07) is 4.02. The van der Waals surface area contributed by atoms with Crippen molar-refractivity contribution in [2.75, 3.05) is 14.1 Å². The second-order valence-corrected chi connectivity index (χ2v) is 7.70. The molecule has 1 aliphatic carbocycles. The lowest BCUT2D eigenvalue weighted by molar-refractivity contribution is 0.201. The first-order valence-corrected chi connectivity index (χ1v) is 9.96. The lowest BCUT2D eigenvalue weighted by Gasteiger charge is -2.21. The molecule has 2 heterocycles. The number of pyridine rings is 1. The van der Waals surface area contributed by atoms with Crippen LogP contribution in [0.25, 0.3) is 0 Å². The van der Waals surface area contributed by atoms with Gasteiger partial charge < -0.3 is 15.0 Å². The summed E-state index contributed by atoms with van der Waals surface area (Å²) in [6.07, 6.45) is 6.92. The van der Waals surface area contributed by atoms with Gasteiger partial charge in [-0.1, -0.05) is 0 Å². The van der Waals surface area contributed by atoms with E-state index in [1.807, 2.05) is 32.3 Å². The number of nitrogens with zero attached hydrogens (tertiary/aromatic N) is 4. The Morgan fingerprint density at radius 3 is 2.85 bits per heavy atom. The van der Waals surface area contributed by atoms with E-state index in [1.54, 1.807) is 18.4 Å². The van der Waals surface area contributed by atoms with Gasteiger partial charge in [0.05, 0.1) is 17.2 Å². The Labute approximate surface area is 182 Å². The highest BCUT2D eigenvalue weighted by Crippen LogP contribution is 2.23. The van der Waals surface area contributed by atoms with Crippen molar-refractivity contribution in [3.63, 3.8) is 0 Å². The molecule has 0 radical (unpaired) electrons. The van der Waals surface area contributed by atoms with Crippen LogP contribution < -0.4 is 10.1 Å². The monoisotopic (exact) mass is 501 g/mol. The predicted octanol–water partition coefficient (Wildman–Crippen LogP) is 3.99. The fourth-order valence-electron chi connectivity index (χ4n) is 3.17. The number of halogens is 1. The van der Waals surface area contributed by atoms with Crippen molar-refractivity contribution in [3.8, 4) is 5.88 Å². The molecule has 0 bridgehead atoms. The smallest absolute Gasteiger partial charge is 0.213 e. The fourth-order valence-corrected chi connectivity index (χ4v) is 3.77. The van der Waals surface area contributed by atoms with E-state index >= 15 is 0 Å². The zero-order valence-electron chi connectivity index (χ0n) is 16.1. The Bertz CT molecular complexity index is 745. The molecule has 0 aliphatic heterocycles. The van der Waals surface area contributed by atoms with E-state index in [-0.39, 0.29) is 24.0 Å². The summed E-state index contributed by atoms with van der Waals surface area (Å²) in [6.45, 7) is 3.43. The summed E-state index contributed by atoms with van der Waals surface area (Å²) < 4.78 is 5.99. The molecular weight excluding hydrogens is 473 g/mol. The van der Waals surface area contributed by atoms with Crippen molar-refractivity contribution in [2.45, 2.75) is 51.8 Å². The maximum Gasteiger partial charge on any atom is 0.213 e. The highest BCUT2D eigenvalue weighted by atomic mass is 127. The Balaban J connectivity index is 0.00000261. The molecule has 6 nitrogen and oxygen atoms in total. The topological polar surface area (TPSA) is 62.6 Å². The number of thiazole rings is 1. The molecule has 0 atom stereocenters. The summed E-state index contributed by atoms with van der Waals surface area (Å²) in [5.74, 6) is 1.56. The zero-order chi connectivity index (χ0) is 18.4. The maximum atomic E-state index is 5.99. The van der Waals surface area contributed by atoms with Gasteiger partial charge in [-0.05, 0) is 44.2 Å². The first kappa shape index (κ1) is 21.9. The van der Waals surface area contributed by atoms with E-state index < -0.39 is 0 Å². The predicted molar refractivity (Wildman–Crippen MR) is 121 cm³/mol. The second kappa shape index (κ2) is 10.8. The minimum absolute atomic E-state index is 0. The van der Waals surface area contributed by atoms with Crippen LogP contribution >= 0.6 is 35.3 Å². The standard InChI is InChI=1S/C19H27N5OS.HI/c1-14-23-16(13-26-14)12-24(3)19(20-2)22-11-15-8-9-21-18(10-15)25-17-6-4-5-7-17;/h8-10,13,17H,4-7,11-12H2,1-3H3,(H,20,22);1H. The van der Waals surface area contributed by atoms with Gasteiger partial charge in [-0.2, -0.15) is 0 Å². The van der Waals surface area contributed by atoms with Crippen LogP contribution in [0.2, 0.25) is 0 Å². The van der Waals surface area contributed by atoms with Crippen molar-refractivity contribution < 1.29 is 4.74 Å². The molecule has 3 rings (SSSR count). The maximum absolute atomic E-state index is 5.99. The molecule has 0 spiro atoms. The van der Waals surface area contributed by atoms with Crippen LogP contribution in [0.1, 0.15) is 41.9 Å². The third-order valence-corrected chi connectivity index (χ3v) is 5.30. The average Bonchev–Trinajstić information content (AvgIpc) is 3.27. The third-order valence-electron chi connectivity index (χ3n) is 4.48. The first-order valence-electron chi connectivity index (χ1n) is 9.08. The normalized spacial score (nSPS) is 14.7. The minimum Gasteiger partial charge on any atom is -0.474 e. The van der Waals surface area contributed by atoms with E-state index in [2.05, 4.69) is 30.6 Å². The summed E-state index contributed by atoms with van der Waals surface area (Å²) in [5.41, 5.74) is 2.20. The van der Waals surface area contributed by atoms with Gasteiger partial charge in [0.15, 0.2) is 5.96 Å². The molecule has 0 aromatic carbocycles. The Morgan fingerprint density at radius 1 is 1.41 bits per heavy atom. The van der Waals surface area contributed by atoms with Gasteiger partial charge in [-0.15, -0.1) is 35.3 Å². The third kappa shape index (κ3) is 6.60. The lowest BCUT2D eigenvalue weighted by atomic mass is 10.2. The van der Waals surface area contributed by atoms with Crippen molar-refractivity contribution in [1.29, 1.82) is 0 Å². The molecule has 0 unspecified atom stereocenters. The van der Waals surface area contributed by atoms with Gasteiger partial charge in [-0.25, -0.2) is 9.97 Å². The SMILES string of the molecule is CN=C(NCc1ccnc(OC2CCCC2)c1)N(C)Cc1csc(C)n1.I. The number of hydrogen-bond donors (Lipinski definition) is 1. The van der Waals surface area contributed by atoms with Crippen LogP contribution in [0.5, 0.6) is 5.88 Å². The van der Waals surface area contributed by atoms with Crippen LogP contribution in [0.4, 0.5) is 0 Å². The summed E-state index contributed by atoms with van der Waals surface area (Å²) in [7, 11) is 3.82. The van der Waals surface area contributed by atoms with Crippen LogP contribution in [-0.2, 0) is 13.1 Å². The van der Waals surface area contributed by atoms with E-state index in [4.69, 9.17) is 4.74 Å². The molecule has 1 fully saturated rings. The molecule has 1 aliphatic rings. The number of rotatable bonds is 6. The molecule has 1 N–H and O–H groups in total. The molecule has 0 amide bonds. The summed E-state index contributed by atoms with van der Waals surface area (Å²) in [5, 5.41) is 6.58. The Kier molecular flexibility index (Phi) is 8.75. The number of guanidine groups is 1. The van der Waals surface area contributed by atoms with E-state index in [0.717, 1.165) is 47.5 Å². The number of aromatic nitrogens is 2. The van der Waals surface area contributed by atoms with Crippen molar-refractivity contribution in [2.24, 2.45) is 4.99 Å². The average molecular weight is 501 g/mol. The molecule has 27 heavy (non-hydrogen) atoms. The number of nitrogens with one attached hydrogen (secondary N) is 1. The second-order valence-electron chi connectivity index (χ2n) is 6.64. The van der Waals surface area contributed by atoms with Crippen LogP contribution in [0, 0.1) is 6.92 Å². The van der Waals surface area contributed by atoms with Gasteiger partial charge in [-0.3, -0.25) is 4.99 Å². The molecule has 2 aromatic heterocycles. The molecule has 8 heteroatoms. The highest BCUT2D eigenvalue weighted by Gasteiger charge is 2.17. The lowest BCUT2D eigenvalue weighted by Crippen LogP contribution is -2.38. The molecule has 1 saturated carbocycles. The number of aliphatic imine (C=N–C) groups is 1. The van der Waals surface area contributed by atoms with Gasteiger partial charge in [0.2, 0.25) is 5.88 Å². The van der Waals surface area contributed by atoms with Crippen LogP contribution in [0.3, 0.4) is 0 Å². The van der Waals surface area contributed by atoms with E-state index in [1.165, 1.54) is 12.8 Å². The van der Waals surface area contributed by atoms with Crippen molar-refractivity contribution >= 4 is 41.3 Å². The van der Waals surface area contributed by atoms with Gasteiger partial charge >= 0.3 is 0 Å². The number of hydrogen-bond acceptors (Lipinski definition) is 5. The van der Waals surface area contributed by atoms with Crippen molar-refractivity contribution in [1.82, 2.24) is 20.2 Å². The van der Waals surface area contributed by atoms with Gasteiger partial charge in [0.1, 0.15) is 6.10 Å². The van der Waals surface area contributed by atoms with Gasteiger partial charge in [0.25, 0.3) is 0 Å². The minimum atomic E-state index is 0. The van der Waals surface area contributed by atoms with E-state index in [9.17, 15) is 0 Å². The molecule has 0 saturated heterocycles. The Hall–Kier alpha value is -1.42. The summed E-state index contributed by atoms with van der Waals surface area (Å²) >= 11 is 1.67. The number of ether oxygens (including phenoxy) is 1. The van der Waals surface area contributed by atoms with Crippen LogP contribution in [-0.4, -0.2) is 41.0 Å². The van der Waals surface area contributed by atoms with E-state index in [0.29, 0.717) is 12.6 Å². The van der Waals surface area contributed by atoms with Gasteiger partial charge in [0, 0.05) is 38.3 Å². The van der Waals surface area contributed by atoms with Crippen LogP contribution in [0.15, 0.2) is 28.7 Å². The molecular formula is C19H28IN5OS. The molecule has 148 valence electrons. The quantitative estimate of drug-likeness (QED) is 0.369. The first-order chi connectivity index (χ1) is 12.6. The highest BCUT2D eigenvalue weighted by molar-refractivity contribution is 14.0. The number of aryl methyl sites for hydroxylation is 1. The molecule has 2 aromatic rings. The van der Waals surface area contributed by atoms with Crippen molar-refractivity contribution in [3.05, 3.63) is 40.0 Å². The fraction of sp³-hybridized carbons (Fsp3) is 0.526. The largest absolute Gasteiger partial charge is 0.474 e. The Morgan fingerprint density at radius 2 is 2.19 bits per heavy atom.